The Morgan fingerprint density at radius 3 is 2.58 bits per heavy atom. The molecule has 0 fully saturated rings. The number of hydrogen-bond donors (Lipinski definition) is 1. The van der Waals surface area contributed by atoms with Crippen molar-refractivity contribution in [3.63, 3.8) is 0 Å². The third kappa shape index (κ3) is 1.85. The highest BCUT2D eigenvalue weighted by Gasteiger charge is 2.39. The Balaban J connectivity index is 2.21. The van der Waals surface area contributed by atoms with Crippen molar-refractivity contribution < 1.29 is 9.90 Å². The van der Waals surface area contributed by atoms with Gasteiger partial charge in [0.2, 0.25) is 0 Å². The number of aliphatic hydroxyl groups is 1. The van der Waals surface area contributed by atoms with E-state index in [4.69, 9.17) is 0 Å². The van der Waals surface area contributed by atoms with Crippen molar-refractivity contribution in [2.75, 3.05) is 13.6 Å². The molecule has 19 heavy (non-hydrogen) atoms. The number of β-amino-alcohol motifs (C(OH)–C–C–N with tert-alkyl or cyclic N) is 1. The number of carbonyl (C=O) groups excluding carboxylic acids is 1. The quantitative estimate of drug-likeness (QED) is 0.773. The van der Waals surface area contributed by atoms with Crippen molar-refractivity contribution in [2.24, 2.45) is 12.5 Å². The molecule has 4 heteroatoms. The molecule has 0 amide bonds. The predicted molar refractivity (Wildman–Crippen MR) is 73.1 cm³/mol. The molecule has 3 rings (SSSR count). The minimum Gasteiger partial charge on any atom is -0.387 e. The van der Waals surface area contributed by atoms with Gasteiger partial charge in [0.25, 0.3) is 0 Å². The number of fused-ring (bicyclic) bond motifs is 3. The first-order valence-corrected chi connectivity index (χ1v) is 6.90. The van der Waals surface area contributed by atoms with E-state index < -0.39 is 6.10 Å². The molecule has 1 aliphatic carbocycles. The van der Waals surface area contributed by atoms with Gasteiger partial charge in [0.1, 0.15) is 0 Å². The van der Waals surface area contributed by atoms with E-state index in [9.17, 15) is 9.90 Å². The number of nitrogens with zero attached hydrogens (tertiary/aromatic N) is 2. The molecule has 1 atom stereocenters. The van der Waals surface area contributed by atoms with Crippen molar-refractivity contribution in [1.82, 2.24) is 9.47 Å². The fourth-order valence-electron chi connectivity index (χ4n) is 3.62. The van der Waals surface area contributed by atoms with E-state index in [2.05, 4.69) is 23.3 Å². The largest absolute Gasteiger partial charge is 0.387 e. The minimum absolute atomic E-state index is 0.0235. The highest BCUT2D eigenvalue weighted by molar-refractivity contribution is 6.01. The second kappa shape index (κ2) is 3.93. The number of aliphatic hydroxyl groups excluding tert-OH is 1. The molecule has 0 saturated carbocycles. The maximum absolute atomic E-state index is 12.5. The average molecular weight is 262 g/mol. The number of hydrogen-bond acceptors (Lipinski definition) is 3. The Kier molecular flexibility index (Phi) is 2.67. The minimum atomic E-state index is -0.533. The van der Waals surface area contributed by atoms with Crippen LogP contribution in [0, 0.1) is 5.41 Å². The van der Waals surface area contributed by atoms with Gasteiger partial charge in [-0.1, -0.05) is 13.8 Å². The summed E-state index contributed by atoms with van der Waals surface area (Å²) in [6, 6.07) is 0. The summed E-state index contributed by atoms with van der Waals surface area (Å²) in [6.45, 7) is 5.70. The lowest BCUT2D eigenvalue weighted by Gasteiger charge is -2.30. The van der Waals surface area contributed by atoms with Gasteiger partial charge in [0.05, 0.1) is 6.10 Å². The van der Waals surface area contributed by atoms with Gasteiger partial charge in [-0.3, -0.25) is 9.69 Å². The van der Waals surface area contributed by atoms with E-state index in [-0.39, 0.29) is 11.2 Å². The molecule has 1 unspecified atom stereocenters. The summed E-state index contributed by atoms with van der Waals surface area (Å²) >= 11 is 0. The van der Waals surface area contributed by atoms with Crippen LogP contribution >= 0.6 is 0 Å². The maximum Gasteiger partial charge on any atom is 0.165 e. The first kappa shape index (κ1) is 12.9. The molecule has 1 aromatic heterocycles. The van der Waals surface area contributed by atoms with Crippen molar-refractivity contribution in [3.05, 3.63) is 22.5 Å². The lowest BCUT2D eigenvalue weighted by atomic mass is 9.75. The fourth-order valence-corrected chi connectivity index (χ4v) is 3.62. The summed E-state index contributed by atoms with van der Waals surface area (Å²) in [7, 11) is 4.03. The van der Waals surface area contributed by atoms with Crippen LogP contribution in [0.2, 0.25) is 0 Å². The topological polar surface area (TPSA) is 45.5 Å². The van der Waals surface area contributed by atoms with Crippen LogP contribution in [-0.2, 0) is 20.0 Å². The van der Waals surface area contributed by atoms with Crippen LogP contribution in [0.4, 0.5) is 0 Å². The highest BCUT2D eigenvalue weighted by Crippen LogP contribution is 2.41. The standard InChI is InChI=1S/C15H22N2O2/c1-15(2)5-9-13(11(18)6-15)14-10(17(9)4)7-16(3)8-12(14)19/h12,19H,5-8H2,1-4H3. The van der Waals surface area contributed by atoms with Gasteiger partial charge in [0.15, 0.2) is 5.78 Å². The summed E-state index contributed by atoms with van der Waals surface area (Å²) < 4.78 is 2.14. The number of rotatable bonds is 0. The average Bonchev–Trinajstić information content (AvgIpc) is 2.52. The Hall–Kier alpha value is -1.13. The van der Waals surface area contributed by atoms with Crippen molar-refractivity contribution in [3.8, 4) is 0 Å². The molecule has 4 nitrogen and oxygen atoms in total. The molecule has 0 spiro atoms. The molecule has 0 radical (unpaired) electrons. The fraction of sp³-hybridized carbons (Fsp3) is 0.667. The summed E-state index contributed by atoms with van der Waals surface area (Å²) in [5.41, 5.74) is 3.96. The number of carbonyl (C=O) groups is 1. The van der Waals surface area contributed by atoms with E-state index in [1.165, 1.54) is 0 Å². The van der Waals surface area contributed by atoms with E-state index >= 15 is 0 Å². The number of ketones is 1. The van der Waals surface area contributed by atoms with Gasteiger partial charge in [-0.05, 0) is 18.9 Å². The van der Waals surface area contributed by atoms with Crippen LogP contribution in [0.15, 0.2) is 0 Å². The Bertz CT molecular complexity index is 557. The summed E-state index contributed by atoms with van der Waals surface area (Å²) in [5, 5.41) is 10.3. The molecule has 0 bridgehead atoms. The monoisotopic (exact) mass is 262 g/mol. The summed E-state index contributed by atoms with van der Waals surface area (Å²) in [6.07, 6.45) is 0.960. The normalized spacial score (nSPS) is 26.2. The van der Waals surface area contributed by atoms with E-state index in [1.807, 2.05) is 14.1 Å². The van der Waals surface area contributed by atoms with Gasteiger partial charge >= 0.3 is 0 Å². The third-order valence-electron chi connectivity index (χ3n) is 4.48. The maximum atomic E-state index is 12.5. The summed E-state index contributed by atoms with van der Waals surface area (Å²) in [5.74, 6) is 0.201. The number of Topliss-reactive ketones (excluding diaryl/α,β-unsaturated/α-hetero) is 1. The second-order valence-corrected chi connectivity index (χ2v) is 6.89. The molecule has 104 valence electrons. The van der Waals surface area contributed by atoms with Crippen LogP contribution in [0.1, 0.15) is 53.7 Å². The van der Waals surface area contributed by atoms with Crippen LogP contribution in [0.3, 0.4) is 0 Å². The van der Waals surface area contributed by atoms with Gasteiger partial charge in [0, 0.05) is 49.1 Å². The Morgan fingerprint density at radius 1 is 1.21 bits per heavy atom. The molecule has 2 aliphatic rings. The number of likely N-dealkylation sites (N-methyl/N-ethyl adjacent to an activating group) is 1. The van der Waals surface area contributed by atoms with Crippen LogP contribution in [0.25, 0.3) is 0 Å². The molecule has 1 aromatic rings. The van der Waals surface area contributed by atoms with E-state index in [1.54, 1.807) is 0 Å². The summed E-state index contributed by atoms with van der Waals surface area (Å²) in [4.78, 5) is 14.6. The molecule has 0 saturated heterocycles. The molecular formula is C15H22N2O2. The van der Waals surface area contributed by atoms with Gasteiger partial charge in [-0.25, -0.2) is 0 Å². The van der Waals surface area contributed by atoms with E-state index in [0.717, 1.165) is 35.5 Å². The van der Waals surface area contributed by atoms with Crippen molar-refractivity contribution in [1.29, 1.82) is 0 Å². The lowest BCUT2D eigenvalue weighted by Crippen LogP contribution is -2.32. The van der Waals surface area contributed by atoms with Crippen LogP contribution in [-0.4, -0.2) is 33.9 Å². The first-order chi connectivity index (χ1) is 8.80. The molecule has 0 aromatic carbocycles. The SMILES string of the molecule is CN1Cc2c(c3c(n2C)CC(C)(C)CC3=O)C(O)C1. The van der Waals surface area contributed by atoms with Gasteiger partial charge in [-0.2, -0.15) is 0 Å². The first-order valence-electron chi connectivity index (χ1n) is 6.90. The number of aromatic nitrogens is 1. The zero-order valence-electron chi connectivity index (χ0n) is 12.2. The smallest absolute Gasteiger partial charge is 0.165 e. The Labute approximate surface area is 114 Å². The van der Waals surface area contributed by atoms with E-state index in [0.29, 0.717) is 13.0 Å². The zero-order chi connectivity index (χ0) is 13.9. The zero-order valence-corrected chi connectivity index (χ0v) is 12.2. The van der Waals surface area contributed by atoms with Gasteiger partial charge in [-0.15, -0.1) is 0 Å². The van der Waals surface area contributed by atoms with Crippen molar-refractivity contribution in [2.45, 2.75) is 39.3 Å². The molecule has 1 aliphatic heterocycles. The van der Waals surface area contributed by atoms with Crippen LogP contribution in [0.5, 0.6) is 0 Å². The predicted octanol–water partition coefficient (Wildman–Crippen LogP) is 1.66. The lowest BCUT2D eigenvalue weighted by molar-refractivity contribution is 0.0880. The molecule has 1 N–H and O–H groups in total. The second-order valence-electron chi connectivity index (χ2n) is 6.89. The molecule has 2 heterocycles. The Morgan fingerprint density at radius 2 is 1.89 bits per heavy atom. The van der Waals surface area contributed by atoms with Crippen LogP contribution < -0.4 is 0 Å². The van der Waals surface area contributed by atoms with Crippen molar-refractivity contribution >= 4 is 5.78 Å². The van der Waals surface area contributed by atoms with Gasteiger partial charge < -0.3 is 9.67 Å². The third-order valence-corrected chi connectivity index (χ3v) is 4.48. The highest BCUT2D eigenvalue weighted by atomic mass is 16.3. The molecular weight excluding hydrogens is 240 g/mol.